The highest BCUT2D eigenvalue weighted by Gasteiger charge is 2.24. The summed E-state index contributed by atoms with van der Waals surface area (Å²) in [5.41, 5.74) is 1.19. The fraction of sp³-hybridized carbons (Fsp3) is 0.571. The molecule has 1 atom stereocenters. The van der Waals surface area contributed by atoms with Gasteiger partial charge in [-0.15, -0.1) is 0 Å². The zero-order valence-corrected chi connectivity index (χ0v) is 5.79. The van der Waals surface area contributed by atoms with Crippen LogP contribution in [0.15, 0.2) is 16.6 Å². The van der Waals surface area contributed by atoms with E-state index in [0.717, 1.165) is 6.61 Å². The van der Waals surface area contributed by atoms with E-state index in [1.165, 1.54) is 5.57 Å². The molecule has 0 radical (unpaired) electrons. The molecule has 0 spiro atoms. The van der Waals surface area contributed by atoms with Gasteiger partial charge in [0.15, 0.2) is 0 Å². The van der Waals surface area contributed by atoms with Crippen molar-refractivity contribution in [1.29, 1.82) is 0 Å². The van der Waals surface area contributed by atoms with E-state index in [9.17, 15) is 0 Å². The van der Waals surface area contributed by atoms with Crippen molar-refractivity contribution in [2.45, 2.75) is 13.0 Å². The fourth-order valence-electron chi connectivity index (χ4n) is 0.733. The summed E-state index contributed by atoms with van der Waals surface area (Å²) in [6, 6.07) is 0. The van der Waals surface area contributed by atoms with Crippen molar-refractivity contribution in [3.8, 4) is 0 Å². The molecule has 1 aliphatic heterocycles. The first kappa shape index (κ1) is 6.49. The number of hydrogen-bond acceptors (Lipinski definition) is 2. The van der Waals surface area contributed by atoms with Crippen LogP contribution >= 0.6 is 0 Å². The second-order valence-electron chi connectivity index (χ2n) is 2.00. The number of hydrogen-bond donors (Lipinski definition) is 0. The first-order valence-electron chi connectivity index (χ1n) is 3.08. The van der Waals surface area contributed by atoms with E-state index in [1.54, 1.807) is 7.05 Å². The number of rotatable bonds is 2. The monoisotopic (exact) mass is 125 g/mol. The Bertz CT molecular complexity index is 145. The van der Waals surface area contributed by atoms with Crippen molar-refractivity contribution in [2.24, 2.45) is 4.99 Å². The molecule has 1 rings (SSSR count). The van der Waals surface area contributed by atoms with E-state index >= 15 is 0 Å². The summed E-state index contributed by atoms with van der Waals surface area (Å²) in [6.07, 6.45) is 4.22. The zero-order chi connectivity index (χ0) is 6.69. The first-order valence-corrected chi connectivity index (χ1v) is 3.08. The van der Waals surface area contributed by atoms with Gasteiger partial charge in [0.2, 0.25) is 0 Å². The van der Waals surface area contributed by atoms with Gasteiger partial charge in [0, 0.05) is 13.3 Å². The molecule has 50 valence electrons. The molecule has 0 aromatic heterocycles. The number of allylic oxidation sites excluding steroid dienone is 1. The third kappa shape index (κ3) is 1.64. The van der Waals surface area contributed by atoms with Crippen LogP contribution < -0.4 is 0 Å². The summed E-state index contributed by atoms with van der Waals surface area (Å²) < 4.78 is 5.05. The van der Waals surface area contributed by atoms with Crippen LogP contribution in [-0.2, 0) is 4.74 Å². The molecule has 1 saturated heterocycles. The maximum absolute atomic E-state index is 5.05. The van der Waals surface area contributed by atoms with Gasteiger partial charge in [-0.25, -0.2) is 0 Å². The van der Waals surface area contributed by atoms with E-state index in [1.807, 2.05) is 19.2 Å². The molecule has 2 nitrogen and oxygen atoms in total. The van der Waals surface area contributed by atoms with Gasteiger partial charge in [-0.05, 0) is 12.5 Å². The minimum Gasteiger partial charge on any atom is -0.368 e. The summed E-state index contributed by atoms with van der Waals surface area (Å²) in [4.78, 5) is 3.89. The molecule has 9 heavy (non-hydrogen) atoms. The molecule has 1 aliphatic rings. The third-order valence-corrected chi connectivity index (χ3v) is 1.32. The minimum atomic E-state index is 0.346. The first-order chi connectivity index (χ1) is 4.38. The summed E-state index contributed by atoms with van der Waals surface area (Å²) in [5, 5.41) is 0. The number of ether oxygens (including phenoxy) is 1. The Morgan fingerprint density at radius 1 is 1.78 bits per heavy atom. The Kier molecular flexibility index (Phi) is 2.01. The largest absolute Gasteiger partial charge is 0.368 e. The SMILES string of the molecule is C/C=C(\C=NC)[C@H]1CO1. The Hall–Kier alpha value is -0.630. The molecule has 0 unspecified atom stereocenters. The normalized spacial score (nSPS) is 27.3. The molecule has 0 bridgehead atoms. The molecule has 0 aliphatic carbocycles. The van der Waals surface area contributed by atoms with Crippen LogP contribution in [-0.4, -0.2) is 26.0 Å². The van der Waals surface area contributed by atoms with E-state index in [-0.39, 0.29) is 0 Å². The average Bonchev–Trinajstić information content (AvgIpc) is 2.64. The van der Waals surface area contributed by atoms with E-state index in [4.69, 9.17) is 4.74 Å². The topological polar surface area (TPSA) is 24.9 Å². The third-order valence-electron chi connectivity index (χ3n) is 1.32. The van der Waals surface area contributed by atoms with Crippen LogP contribution in [0.1, 0.15) is 6.92 Å². The van der Waals surface area contributed by atoms with Gasteiger partial charge in [0.1, 0.15) is 6.10 Å². The van der Waals surface area contributed by atoms with Crippen molar-refractivity contribution < 1.29 is 4.74 Å². The molecule has 1 fully saturated rings. The molecule has 0 saturated carbocycles. The Balaban J connectivity index is 2.48. The van der Waals surface area contributed by atoms with Crippen molar-refractivity contribution >= 4 is 6.21 Å². The smallest absolute Gasteiger partial charge is 0.107 e. The summed E-state index contributed by atoms with van der Waals surface area (Å²) in [6.45, 7) is 2.87. The van der Waals surface area contributed by atoms with Crippen LogP contribution in [0, 0.1) is 0 Å². The van der Waals surface area contributed by atoms with Gasteiger partial charge in [-0.1, -0.05) is 6.08 Å². The summed E-state index contributed by atoms with van der Waals surface area (Å²) in [5.74, 6) is 0. The fourth-order valence-corrected chi connectivity index (χ4v) is 0.733. The Labute approximate surface area is 55.2 Å². The standard InChI is InChI=1S/C7H11NO/c1-3-6(4-8-2)7-5-9-7/h3-4,7H,5H2,1-2H3/b6-3+,8-4?/t7-/m1/s1. The Morgan fingerprint density at radius 2 is 2.44 bits per heavy atom. The predicted octanol–water partition coefficient (Wildman–Crippen LogP) is 1.03. The molecular weight excluding hydrogens is 114 g/mol. The van der Waals surface area contributed by atoms with Crippen LogP contribution in [0.5, 0.6) is 0 Å². The highest BCUT2D eigenvalue weighted by molar-refractivity contribution is 5.80. The predicted molar refractivity (Wildman–Crippen MR) is 37.9 cm³/mol. The molecule has 2 heteroatoms. The summed E-state index contributed by atoms with van der Waals surface area (Å²) >= 11 is 0. The number of nitrogens with zero attached hydrogens (tertiary/aromatic N) is 1. The lowest BCUT2D eigenvalue weighted by molar-refractivity contribution is 0.436. The highest BCUT2D eigenvalue weighted by Crippen LogP contribution is 2.17. The Morgan fingerprint density at radius 3 is 2.78 bits per heavy atom. The second kappa shape index (κ2) is 2.78. The van der Waals surface area contributed by atoms with Gasteiger partial charge in [-0.3, -0.25) is 4.99 Å². The molecule has 0 aromatic carbocycles. The average molecular weight is 125 g/mol. The van der Waals surface area contributed by atoms with Crippen molar-refractivity contribution in [2.75, 3.05) is 13.7 Å². The minimum absolute atomic E-state index is 0.346. The van der Waals surface area contributed by atoms with Crippen LogP contribution in [0.3, 0.4) is 0 Å². The number of aliphatic imine (C=N–C) groups is 1. The molecule has 0 aromatic rings. The maximum Gasteiger partial charge on any atom is 0.107 e. The number of epoxide rings is 1. The van der Waals surface area contributed by atoms with Gasteiger partial charge in [-0.2, -0.15) is 0 Å². The molecule has 0 amide bonds. The highest BCUT2D eigenvalue weighted by atomic mass is 16.6. The van der Waals surface area contributed by atoms with Crippen molar-refractivity contribution in [3.05, 3.63) is 11.6 Å². The van der Waals surface area contributed by atoms with E-state index in [2.05, 4.69) is 4.99 Å². The lowest BCUT2D eigenvalue weighted by atomic mass is 10.2. The lowest BCUT2D eigenvalue weighted by Crippen LogP contribution is -1.92. The zero-order valence-electron chi connectivity index (χ0n) is 5.79. The molecular formula is C7H11NO. The second-order valence-corrected chi connectivity index (χ2v) is 2.00. The van der Waals surface area contributed by atoms with Gasteiger partial charge < -0.3 is 4.74 Å². The summed E-state index contributed by atoms with van der Waals surface area (Å²) in [7, 11) is 1.77. The van der Waals surface area contributed by atoms with Gasteiger partial charge in [0.05, 0.1) is 6.61 Å². The van der Waals surface area contributed by atoms with E-state index < -0.39 is 0 Å². The van der Waals surface area contributed by atoms with Crippen LogP contribution in [0.2, 0.25) is 0 Å². The van der Waals surface area contributed by atoms with Crippen molar-refractivity contribution in [3.63, 3.8) is 0 Å². The van der Waals surface area contributed by atoms with Crippen LogP contribution in [0.25, 0.3) is 0 Å². The maximum atomic E-state index is 5.05. The van der Waals surface area contributed by atoms with Crippen LogP contribution in [0.4, 0.5) is 0 Å². The quantitative estimate of drug-likeness (QED) is 0.399. The van der Waals surface area contributed by atoms with E-state index in [0.29, 0.717) is 6.10 Å². The van der Waals surface area contributed by atoms with Gasteiger partial charge >= 0.3 is 0 Å². The van der Waals surface area contributed by atoms with Crippen molar-refractivity contribution in [1.82, 2.24) is 0 Å². The van der Waals surface area contributed by atoms with Gasteiger partial charge in [0.25, 0.3) is 0 Å². The molecule has 1 heterocycles. The lowest BCUT2D eigenvalue weighted by Gasteiger charge is -1.89. The molecule has 0 N–H and O–H groups in total.